The summed E-state index contributed by atoms with van der Waals surface area (Å²) in [5, 5.41) is 11.1. The second-order valence-electron chi connectivity index (χ2n) is 2.99. The lowest BCUT2D eigenvalue weighted by molar-refractivity contribution is -0.137. The molecular weight excluding hydrogens is 212 g/mol. The summed E-state index contributed by atoms with van der Waals surface area (Å²) in [6, 6.07) is -0.429. The van der Waals surface area contributed by atoms with E-state index in [-0.39, 0.29) is 13.1 Å². The van der Waals surface area contributed by atoms with Gasteiger partial charge in [0.25, 0.3) is 0 Å². The van der Waals surface area contributed by atoms with E-state index in [9.17, 15) is 9.59 Å². The van der Waals surface area contributed by atoms with Gasteiger partial charge < -0.3 is 20.1 Å². The van der Waals surface area contributed by atoms with Crippen LogP contribution in [0.3, 0.4) is 0 Å². The van der Waals surface area contributed by atoms with Gasteiger partial charge in [0.1, 0.15) is 6.54 Å². The molecule has 0 rings (SSSR count). The van der Waals surface area contributed by atoms with Gasteiger partial charge in [0.15, 0.2) is 0 Å². The number of ether oxygens (including phenoxy) is 1. The monoisotopic (exact) mass is 230 g/mol. The number of carbonyl (C=O) groups is 2. The fourth-order valence-corrected chi connectivity index (χ4v) is 1.02. The molecule has 0 radical (unpaired) electrons. The maximum Gasteiger partial charge on any atom is 0.323 e. The van der Waals surface area contributed by atoms with Crippen molar-refractivity contribution in [1.82, 2.24) is 10.2 Å². The zero-order valence-corrected chi connectivity index (χ0v) is 9.44. The summed E-state index contributed by atoms with van der Waals surface area (Å²) in [6.45, 7) is 6.54. The zero-order valence-electron chi connectivity index (χ0n) is 9.44. The van der Waals surface area contributed by atoms with E-state index in [0.717, 1.165) is 4.90 Å². The highest BCUT2D eigenvalue weighted by Gasteiger charge is 2.14. The number of carboxylic acids is 1. The molecule has 0 saturated carbocycles. The molecule has 2 amide bonds. The number of carboxylic acid groups (broad SMARTS) is 1. The Bertz CT molecular complexity index is 243. The minimum atomic E-state index is -1.05. The van der Waals surface area contributed by atoms with Gasteiger partial charge in [-0.2, -0.15) is 0 Å². The van der Waals surface area contributed by atoms with Crippen molar-refractivity contribution in [3.63, 3.8) is 0 Å². The number of aliphatic carboxylic acids is 1. The lowest BCUT2D eigenvalue weighted by Gasteiger charge is -2.19. The summed E-state index contributed by atoms with van der Waals surface area (Å²) >= 11 is 0. The standard InChI is InChI=1S/C10H18N2O4/c1-3-6-12(8-9(13)14)10(15)11-5-7-16-4-2/h3H,1,4-8H2,2H3,(H,11,15)(H,13,14). The van der Waals surface area contributed by atoms with Gasteiger partial charge in [-0.05, 0) is 6.92 Å². The van der Waals surface area contributed by atoms with Gasteiger partial charge in [0.2, 0.25) is 0 Å². The summed E-state index contributed by atoms with van der Waals surface area (Å²) in [5.74, 6) is -1.05. The molecule has 92 valence electrons. The zero-order chi connectivity index (χ0) is 12.4. The van der Waals surface area contributed by atoms with Crippen LogP contribution in [0.15, 0.2) is 12.7 Å². The van der Waals surface area contributed by atoms with Crippen molar-refractivity contribution < 1.29 is 19.4 Å². The summed E-state index contributed by atoms with van der Waals surface area (Å²) < 4.78 is 5.03. The van der Waals surface area contributed by atoms with Crippen LogP contribution in [-0.2, 0) is 9.53 Å². The molecule has 0 aromatic rings. The molecule has 0 spiro atoms. The van der Waals surface area contributed by atoms with Gasteiger partial charge in [0, 0.05) is 19.7 Å². The van der Waals surface area contributed by atoms with Crippen molar-refractivity contribution in [3.8, 4) is 0 Å². The number of amides is 2. The minimum absolute atomic E-state index is 0.201. The maximum atomic E-state index is 11.5. The second-order valence-corrected chi connectivity index (χ2v) is 2.99. The second kappa shape index (κ2) is 8.72. The summed E-state index contributed by atoms with van der Waals surface area (Å²) in [6.07, 6.45) is 1.48. The molecule has 0 aliphatic heterocycles. The van der Waals surface area contributed by atoms with Crippen LogP contribution in [0.2, 0.25) is 0 Å². The summed E-state index contributed by atoms with van der Waals surface area (Å²) in [7, 11) is 0. The highest BCUT2D eigenvalue weighted by atomic mass is 16.5. The van der Waals surface area contributed by atoms with E-state index in [0.29, 0.717) is 19.8 Å². The van der Waals surface area contributed by atoms with Crippen molar-refractivity contribution in [2.24, 2.45) is 0 Å². The number of nitrogens with one attached hydrogen (secondary N) is 1. The Morgan fingerprint density at radius 2 is 2.25 bits per heavy atom. The Kier molecular flexibility index (Phi) is 7.87. The number of nitrogens with zero attached hydrogens (tertiary/aromatic N) is 1. The highest BCUT2D eigenvalue weighted by molar-refractivity contribution is 5.80. The lowest BCUT2D eigenvalue weighted by Crippen LogP contribution is -2.43. The molecule has 0 unspecified atom stereocenters. The predicted molar refractivity (Wildman–Crippen MR) is 59.3 cm³/mol. The molecule has 0 heterocycles. The third kappa shape index (κ3) is 6.83. The van der Waals surface area contributed by atoms with Gasteiger partial charge in [-0.3, -0.25) is 4.79 Å². The molecule has 0 aliphatic rings. The molecular formula is C10H18N2O4. The lowest BCUT2D eigenvalue weighted by atomic mass is 10.5. The Hall–Kier alpha value is -1.56. The van der Waals surface area contributed by atoms with Crippen molar-refractivity contribution in [1.29, 1.82) is 0 Å². The van der Waals surface area contributed by atoms with E-state index in [1.54, 1.807) is 0 Å². The van der Waals surface area contributed by atoms with E-state index >= 15 is 0 Å². The Morgan fingerprint density at radius 1 is 1.56 bits per heavy atom. The molecule has 0 fully saturated rings. The smallest absolute Gasteiger partial charge is 0.323 e. The largest absolute Gasteiger partial charge is 0.480 e. The molecule has 0 aliphatic carbocycles. The molecule has 2 N–H and O–H groups in total. The average Bonchev–Trinajstić information content (AvgIpc) is 2.23. The molecule has 0 bridgehead atoms. The normalized spacial score (nSPS) is 9.56. The Balaban J connectivity index is 3.96. The molecule has 6 heteroatoms. The first-order valence-corrected chi connectivity index (χ1v) is 5.05. The van der Waals surface area contributed by atoms with Gasteiger partial charge in [0.05, 0.1) is 6.61 Å². The molecule has 0 aromatic carbocycles. The third-order valence-electron chi connectivity index (χ3n) is 1.69. The molecule has 16 heavy (non-hydrogen) atoms. The van der Waals surface area contributed by atoms with Crippen molar-refractivity contribution >= 4 is 12.0 Å². The predicted octanol–water partition coefficient (Wildman–Crippen LogP) is 0.305. The Morgan fingerprint density at radius 3 is 2.75 bits per heavy atom. The first-order chi connectivity index (χ1) is 7.61. The number of carbonyl (C=O) groups excluding carboxylic acids is 1. The van der Waals surface area contributed by atoms with Gasteiger partial charge in [-0.15, -0.1) is 6.58 Å². The van der Waals surface area contributed by atoms with Gasteiger partial charge in [-0.25, -0.2) is 4.79 Å². The topological polar surface area (TPSA) is 78.9 Å². The van der Waals surface area contributed by atoms with Gasteiger partial charge >= 0.3 is 12.0 Å². The summed E-state index contributed by atoms with van der Waals surface area (Å²) in [4.78, 5) is 23.1. The van der Waals surface area contributed by atoms with E-state index in [2.05, 4.69) is 11.9 Å². The van der Waals surface area contributed by atoms with Crippen LogP contribution >= 0.6 is 0 Å². The Labute approximate surface area is 94.9 Å². The van der Waals surface area contributed by atoms with Crippen LogP contribution in [-0.4, -0.2) is 54.9 Å². The van der Waals surface area contributed by atoms with Crippen LogP contribution < -0.4 is 5.32 Å². The maximum absolute atomic E-state index is 11.5. The van der Waals surface area contributed by atoms with Crippen LogP contribution in [0, 0.1) is 0 Å². The SMILES string of the molecule is C=CCN(CC(=O)O)C(=O)NCCOCC. The number of hydrogen-bond donors (Lipinski definition) is 2. The van der Waals surface area contributed by atoms with E-state index < -0.39 is 12.0 Å². The number of rotatable bonds is 8. The third-order valence-corrected chi connectivity index (χ3v) is 1.69. The number of urea groups is 1. The minimum Gasteiger partial charge on any atom is -0.480 e. The van der Waals surface area contributed by atoms with Gasteiger partial charge in [-0.1, -0.05) is 6.08 Å². The van der Waals surface area contributed by atoms with E-state index in [4.69, 9.17) is 9.84 Å². The highest BCUT2D eigenvalue weighted by Crippen LogP contribution is 1.90. The van der Waals surface area contributed by atoms with E-state index in [1.807, 2.05) is 6.92 Å². The average molecular weight is 230 g/mol. The molecule has 6 nitrogen and oxygen atoms in total. The van der Waals surface area contributed by atoms with Crippen molar-refractivity contribution in [3.05, 3.63) is 12.7 Å². The van der Waals surface area contributed by atoms with Crippen LogP contribution in [0.25, 0.3) is 0 Å². The van der Waals surface area contributed by atoms with Crippen LogP contribution in [0.5, 0.6) is 0 Å². The van der Waals surface area contributed by atoms with E-state index in [1.165, 1.54) is 6.08 Å². The first kappa shape index (κ1) is 14.4. The molecule has 0 atom stereocenters. The molecule has 0 saturated heterocycles. The van der Waals surface area contributed by atoms with Crippen LogP contribution in [0.1, 0.15) is 6.92 Å². The van der Waals surface area contributed by atoms with Crippen molar-refractivity contribution in [2.45, 2.75) is 6.92 Å². The fraction of sp³-hybridized carbons (Fsp3) is 0.600. The fourth-order valence-electron chi connectivity index (χ4n) is 1.02. The first-order valence-electron chi connectivity index (χ1n) is 5.05. The summed E-state index contributed by atoms with van der Waals surface area (Å²) in [5.41, 5.74) is 0. The molecule has 0 aromatic heterocycles. The quantitative estimate of drug-likeness (QED) is 0.464. The van der Waals surface area contributed by atoms with Crippen molar-refractivity contribution in [2.75, 3.05) is 32.8 Å². The van der Waals surface area contributed by atoms with Crippen LogP contribution in [0.4, 0.5) is 4.79 Å². The number of hydrogen-bond acceptors (Lipinski definition) is 3.